The Labute approximate surface area is 142 Å². The van der Waals surface area contributed by atoms with Crippen LogP contribution in [0.1, 0.15) is 43.3 Å². The molecule has 0 amide bonds. The average Bonchev–Trinajstić information content (AvgIpc) is 2.67. The number of halogens is 1. The van der Waals surface area contributed by atoms with Crippen LogP contribution in [0.2, 0.25) is 0 Å². The van der Waals surface area contributed by atoms with Crippen LogP contribution in [-0.4, -0.2) is 2.78 Å². The van der Waals surface area contributed by atoms with Crippen molar-refractivity contribution in [2.75, 3.05) is 0 Å². The van der Waals surface area contributed by atoms with Crippen LogP contribution in [0.4, 0.5) is 0 Å². The van der Waals surface area contributed by atoms with Crippen molar-refractivity contribution in [2.24, 2.45) is 5.92 Å². The zero-order valence-electron chi connectivity index (χ0n) is 13.4. The Morgan fingerprint density at radius 2 is 1.71 bits per heavy atom. The summed E-state index contributed by atoms with van der Waals surface area (Å²) in [4.78, 5) is 0. The smallest absolute Gasteiger partial charge is 0.0646 e. The van der Waals surface area contributed by atoms with E-state index in [2.05, 4.69) is 85.2 Å². The van der Waals surface area contributed by atoms with E-state index in [9.17, 15) is 0 Å². The summed E-state index contributed by atoms with van der Waals surface area (Å²) >= 11 is 2.34. The molecule has 0 unspecified atom stereocenters. The lowest BCUT2D eigenvalue weighted by Crippen LogP contribution is -1.93. The molecule has 0 N–H and O–H groups in total. The summed E-state index contributed by atoms with van der Waals surface area (Å²) < 4.78 is 2.18. The summed E-state index contributed by atoms with van der Waals surface area (Å²) in [6.07, 6.45) is 10.1. The molecule has 0 aliphatic carbocycles. The normalized spacial score (nSPS) is 12.7. The second kappa shape index (κ2) is 7.64. The van der Waals surface area contributed by atoms with E-state index in [0.29, 0.717) is 5.92 Å². The summed E-state index contributed by atoms with van der Waals surface area (Å²) in [6, 6.07) is 0. The van der Waals surface area contributed by atoms with Crippen molar-refractivity contribution < 1.29 is 0 Å². The van der Waals surface area contributed by atoms with Crippen LogP contribution in [0.5, 0.6) is 0 Å². The maximum atomic E-state index is 3.96. The van der Waals surface area contributed by atoms with Gasteiger partial charge in [0.2, 0.25) is 0 Å². The van der Waals surface area contributed by atoms with Gasteiger partial charge in [-0.15, -0.1) is 0 Å². The van der Waals surface area contributed by atoms with Gasteiger partial charge in [-0.3, -0.25) is 2.78 Å². The number of hydrogen-bond donors (Lipinski definition) is 0. The molecular weight excluding hydrogens is 369 g/mol. The molecule has 112 valence electrons. The molecule has 0 spiro atoms. The maximum absolute atomic E-state index is 3.96. The van der Waals surface area contributed by atoms with E-state index in [1.165, 1.54) is 22.4 Å². The quantitative estimate of drug-likeness (QED) is 0.387. The molecular formula is C19H24IN. The molecule has 1 heterocycles. The minimum Gasteiger partial charge on any atom is -0.282 e. The largest absolute Gasteiger partial charge is 0.282 e. The van der Waals surface area contributed by atoms with Gasteiger partial charge < -0.3 is 0 Å². The van der Waals surface area contributed by atoms with E-state index >= 15 is 0 Å². The van der Waals surface area contributed by atoms with E-state index in [1.54, 1.807) is 0 Å². The van der Waals surface area contributed by atoms with E-state index in [4.69, 9.17) is 0 Å². The van der Waals surface area contributed by atoms with Crippen molar-refractivity contribution in [3.05, 3.63) is 65.5 Å². The van der Waals surface area contributed by atoms with Gasteiger partial charge in [-0.25, -0.2) is 0 Å². The van der Waals surface area contributed by atoms with Gasteiger partial charge in [0, 0.05) is 5.56 Å². The van der Waals surface area contributed by atoms with Gasteiger partial charge in [0.1, 0.15) is 0 Å². The molecule has 21 heavy (non-hydrogen) atoms. The first kappa shape index (κ1) is 17.8. The molecule has 0 aliphatic rings. The highest BCUT2D eigenvalue weighted by Crippen LogP contribution is 2.30. The number of hydrogen-bond acceptors (Lipinski definition) is 0. The number of nitrogens with zero attached hydrogens (tertiary/aromatic N) is 1. The van der Waals surface area contributed by atoms with Crippen LogP contribution in [0.25, 0.3) is 18.2 Å². The average molecular weight is 393 g/mol. The fourth-order valence-corrected chi connectivity index (χ4v) is 3.06. The second-order valence-electron chi connectivity index (χ2n) is 5.39. The second-order valence-corrected chi connectivity index (χ2v) is 6.35. The lowest BCUT2D eigenvalue weighted by Gasteiger charge is -2.07. The summed E-state index contributed by atoms with van der Waals surface area (Å²) in [6.45, 7) is 20.3. The molecule has 0 saturated heterocycles. The molecule has 0 atom stereocenters. The maximum Gasteiger partial charge on any atom is 0.0646 e. The fraction of sp³-hybridized carbons (Fsp3) is 0.263. The first-order chi connectivity index (χ1) is 9.87. The summed E-state index contributed by atoms with van der Waals surface area (Å²) in [5.41, 5.74) is 7.12. The lowest BCUT2D eigenvalue weighted by molar-refractivity contribution is 0.797. The Hall–Kier alpha value is -1.29. The van der Waals surface area contributed by atoms with Crippen LogP contribution in [0.15, 0.2) is 43.0 Å². The van der Waals surface area contributed by atoms with E-state index in [-0.39, 0.29) is 0 Å². The van der Waals surface area contributed by atoms with Crippen LogP contribution < -0.4 is 0 Å². The van der Waals surface area contributed by atoms with Gasteiger partial charge in [0.25, 0.3) is 0 Å². The zero-order valence-corrected chi connectivity index (χ0v) is 15.6. The molecule has 1 nitrogen and oxygen atoms in total. The van der Waals surface area contributed by atoms with Crippen molar-refractivity contribution in [2.45, 2.75) is 27.7 Å². The van der Waals surface area contributed by atoms with Gasteiger partial charge in [-0.1, -0.05) is 51.8 Å². The van der Waals surface area contributed by atoms with Crippen molar-refractivity contribution in [1.29, 1.82) is 0 Å². The summed E-state index contributed by atoms with van der Waals surface area (Å²) in [7, 11) is 0. The molecule has 1 rings (SSSR count). The molecule has 0 radical (unpaired) electrons. The SMILES string of the molecule is C=C/C(C)=C\c1c(C=C)c(C)c(/C=C(\C=C)C(C)C)n1I. The van der Waals surface area contributed by atoms with Crippen molar-refractivity contribution in [3.63, 3.8) is 0 Å². The van der Waals surface area contributed by atoms with Crippen LogP contribution in [0, 0.1) is 12.8 Å². The minimum absolute atomic E-state index is 0.453. The third kappa shape index (κ3) is 3.88. The number of rotatable bonds is 6. The predicted octanol–water partition coefficient (Wildman–Crippen LogP) is 6.45. The molecule has 0 saturated carbocycles. The monoisotopic (exact) mass is 393 g/mol. The Bertz CT molecular complexity index is 624. The molecule has 0 fully saturated rings. The molecule has 1 aromatic rings. The zero-order chi connectivity index (χ0) is 16.2. The highest BCUT2D eigenvalue weighted by molar-refractivity contribution is 14.1. The van der Waals surface area contributed by atoms with Crippen LogP contribution in [0.3, 0.4) is 0 Å². The molecule has 2 heteroatoms. The van der Waals surface area contributed by atoms with E-state index in [0.717, 1.165) is 11.3 Å². The van der Waals surface area contributed by atoms with Gasteiger partial charge in [0.05, 0.1) is 34.3 Å². The topological polar surface area (TPSA) is 4.93 Å². The van der Waals surface area contributed by atoms with Gasteiger partial charge in [0.15, 0.2) is 0 Å². The highest BCUT2D eigenvalue weighted by Gasteiger charge is 2.15. The van der Waals surface area contributed by atoms with Crippen molar-refractivity contribution in [3.8, 4) is 0 Å². The summed E-state index contributed by atoms with van der Waals surface area (Å²) in [5.74, 6) is 0.453. The molecule has 1 aromatic heterocycles. The fourth-order valence-electron chi connectivity index (χ4n) is 2.16. The molecule has 0 aliphatic heterocycles. The molecule has 0 aromatic carbocycles. The Morgan fingerprint density at radius 3 is 2.14 bits per heavy atom. The number of allylic oxidation sites excluding steroid dienone is 4. The van der Waals surface area contributed by atoms with Crippen molar-refractivity contribution in [1.82, 2.24) is 2.78 Å². The highest BCUT2D eigenvalue weighted by atomic mass is 127. The van der Waals surface area contributed by atoms with Crippen LogP contribution >= 0.6 is 22.9 Å². The third-order valence-electron chi connectivity index (χ3n) is 3.58. The first-order valence-corrected chi connectivity index (χ1v) is 8.02. The first-order valence-electron chi connectivity index (χ1n) is 7.06. The van der Waals surface area contributed by atoms with Crippen LogP contribution in [-0.2, 0) is 0 Å². The Morgan fingerprint density at radius 1 is 1.10 bits per heavy atom. The van der Waals surface area contributed by atoms with Crippen molar-refractivity contribution >= 4 is 41.1 Å². The summed E-state index contributed by atoms with van der Waals surface area (Å²) in [5, 5.41) is 0. The van der Waals surface area contributed by atoms with Gasteiger partial charge in [-0.2, -0.15) is 0 Å². The van der Waals surface area contributed by atoms with E-state index in [1.807, 2.05) is 18.2 Å². The Balaban J connectivity index is 3.60. The minimum atomic E-state index is 0.453. The lowest BCUT2D eigenvalue weighted by atomic mass is 10.0. The van der Waals surface area contributed by atoms with Gasteiger partial charge >= 0.3 is 0 Å². The predicted molar refractivity (Wildman–Crippen MR) is 106 cm³/mol. The molecule has 0 bridgehead atoms. The third-order valence-corrected chi connectivity index (χ3v) is 4.62. The number of aromatic nitrogens is 1. The Kier molecular flexibility index (Phi) is 6.46. The van der Waals surface area contributed by atoms with E-state index < -0.39 is 0 Å². The van der Waals surface area contributed by atoms with Gasteiger partial charge in [-0.05, 0) is 48.6 Å². The standard InChI is InChI=1S/C19H24IN/c1-8-14(6)11-19-17(10-3)15(7)18(21(19)20)12-16(9-2)13(4)5/h8-13H,1-3H2,4-7H3/b14-11-,16-12+.